The highest BCUT2D eigenvalue weighted by Gasteiger charge is 2.71. The van der Waals surface area contributed by atoms with Crippen LogP contribution in [0.4, 0.5) is 0 Å². The number of unbranched alkanes of at least 4 members (excludes halogenated alkanes) is 1. The van der Waals surface area contributed by atoms with Crippen LogP contribution in [0, 0.1) is 50.2 Å². The van der Waals surface area contributed by atoms with Gasteiger partial charge in [0.2, 0.25) is 0 Å². The molecule has 0 aromatic carbocycles. The van der Waals surface area contributed by atoms with Crippen molar-refractivity contribution in [1.29, 1.82) is 0 Å². The third kappa shape index (κ3) is 5.15. The first-order chi connectivity index (χ1) is 23.1. The number of hydrogen-bond acceptors (Lipinski definition) is 8. The first-order valence-electron chi connectivity index (χ1n) is 19.2. The minimum Gasteiger partial charge on any atom is -0.481 e. The van der Waals surface area contributed by atoms with Crippen LogP contribution in [0.2, 0.25) is 0 Å². The van der Waals surface area contributed by atoms with Crippen molar-refractivity contribution in [3.05, 3.63) is 11.6 Å². The minimum atomic E-state index is -2.00. The third-order valence-electron chi connectivity index (χ3n) is 16.3. The number of aliphatic carboxylic acids is 2. The molecule has 5 unspecified atom stereocenters. The summed E-state index contributed by atoms with van der Waals surface area (Å²) in [6.07, 6.45) is 2.96. The zero-order chi connectivity index (χ0) is 37.0. The summed E-state index contributed by atoms with van der Waals surface area (Å²) in [6, 6.07) is 0. The molecule has 282 valence electrons. The molecule has 4 saturated carbocycles. The molecule has 5 aliphatic carbocycles. The van der Waals surface area contributed by atoms with Crippen LogP contribution in [0.1, 0.15) is 132 Å². The zero-order valence-electron chi connectivity index (χ0n) is 31.5. The summed E-state index contributed by atoms with van der Waals surface area (Å²) in [6.45, 7) is 17.3. The van der Waals surface area contributed by atoms with Crippen LogP contribution >= 0.6 is 0 Å². The number of rotatable bonds is 7. The van der Waals surface area contributed by atoms with Gasteiger partial charge in [0, 0.05) is 5.92 Å². The maximum atomic E-state index is 14.7. The Balaban J connectivity index is 1.32. The lowest BCUT2D eigenvalue weighted by molar-refractivity contribution is -0.358. The number of ketones is 1. The van der Waals surface area contributed by atoms with E-state index in [9.17, 15) is 39.9 Å². The Labute approximate surface area is 297 Å². The van der Waals surface area contributed by atoms with E-state index in [0.717, 1.165) is 32.1 Å². The maximum absolute atomic E-state index is 14.7. The van der Waals surface area contributed by atoms with Gasteiger partial charge >= 0.3 is 11.9 Å². The normalized spacial score (nSPS) is 51.3. The van der Waals surface area contributed by atoms with Gasteiger partial charge in [0.1, 0.15) is 17.8 Å². The lowest BCUT2D eigenvalue weighted by atomic mass is 9.33. The van der Waals surface area contributed by atoms with Crippen molar-refractivity contribution >= 4 is 17.7 Å². The second-order valence-corrected chi connectivity index (χ2v) is 19.3. The van der Waals surface area contributed by atoms with E-state index in [4.69, 9.17) is 9.47 Å². The topological polar surface area (TPSA) is 171 Å². The Morgan fingerprint density at radius 3 is 2.22 bits per heavy atom. The van der Waals surface area contributed by atoms with Gasteiger partial charge in [0.25, 0.3) is 0 Å². The number of carbonyl (C=O) groups is 3. The molecule has 50 heavy (non-hydrogen) atoms. The summed E-state index contributed by atoms with van der Waals surface area (Å²) in [5, 5.41) is 53.4. The lowest BCUT2D eigenvalue weighted by Gasteiger charge is -2.70. The second kappa shape index (κ2) is 12.1. The molecule has 14 atom stereocenters. The van der Waals surface area contributed by atoms with Crippen LogP contribution in [0.5, 0.6) is 0 Å². The van der Waals surface area contributed by atoms with Crippen LogP contribution in [-0.4, -0.2) is 79.6 Å². The Bertz CT molecular complexity index is 1440. The van der Waals surface area contributed by atoms with Crippen molar-refractivity contribution in [3.8, 4) is 0 Å². The Morgan fingerprint density at radius 1 is 0.940 bits per heavy atom. The average Bonchev–Trinajstić information content (AvgIpc) is 3.03. The van der Waals surface area contributed by atoms with Crippen molar-refractivity contribution in [2.24, 2.45) is 50.2 Å². The number of carboxylic acids is 2. The van der Waals surface area contributed by atoms with E-state index < -0.39 is 59.1 Å². The number of aliphatic hydroxyl groups is 3. The van der Waals surface area contributed by atoms with Gasteiger partial charge in [-0.15, -0.1) is 0 Å². The first kappa shape index (κ1) is 37.9. The molecule has 1 heterocycles. The van der Waals surface area contributed by atoms with Gasteiger partial charge in [0.15, 0.2) is 18.2 Å². The van der Waals surface area contributed by atoms with E-state index in [1.807, 2.05) is 19.9 Å². The van der Waals surface area contributed by atoms with Gasteiger partial charge in [0.05, 0.1) is 11.5 Å². The predicted octanol–water partition coefficient (Wildman–Crippen LogP) is 5.89. The highest BCUT2D eigenvalue weighted by molar-refractivity contribution is 5.95. The highest BCUT2D eigenvalue weighted by Crippen LogP contribution is 2.75. The maximum Gasteiger partial charge on any atom is 0.335 e. The van der Waals surface area contributed by atoms with Crippen molar-refractivity contribution in [2.45, 2.75) is 169 Å². The second-order valence-electron chi connectivity index (χ2n) is 19.3. The Hall–Kier alpha value is -1.85. The van der Waals surface area contributed by atoms with E-state index in [0.29, 0.717) is 38.5 Å². The molecule has 0 spiro atoms. The smallest absolute Gasteiger partial charge is 0.335 e. The quantitative estimate of drug-likeness (QED) is 0.202. The fraction of sp³-hybridized carbons (Fsp3) is 0.875. The number of allylic oxidation sites excluding steroid dienone is 2. The van der Waals surface area contributed by atoms with Crippen LogP contribution in [-0.2, 0) is 23.9 Å². The van der Waals surface area contributed by atoms with Gasteiger partial charge in [-0.05, 0) is 116 Å². The SMILES string of the molecule is CCCCC1(O)C(O)[C@H](O)C(C(=O)O)O[C@H]1O[C@H]1CC[C@@]2(C)C(CC[C@]3(C)C2C(=O)C=C2[C@@H]4C[C@@](C)(C(=O)O)CC[C@]4(C)CC[C@]23C)C1(C)C. The van der Waals surface area contributed by atoms with Gasteiger partial charge in [-0.25, -0.2) is 4.79 Å². The third-order valence-corrected chi connectivity index (χ3v) is 16.3. The first-order valence-corrected chi connectivity index (χ1v) is 19.2. The fourth-order valence-electron chi connectivity index (χ4n) is 12.8. The summed E-state index contributed by atoms with van der Waals surface area (Å²) in [5.41, 5.74) is -3.08. The van der Waals surface area contributed by atoms with Crippen LogP contribution in [0.3, 0.4) is 0 Å². The van der Waals surface area contributed by atoms with Gasteiger partial charge < -0.3 is 35.0 Å². The van der Waals surface area contributed by atoms with Gasteiger partial charge in [-0.2, -0.15) is 0 Å². The number of ether oxygens (including phenoxy) is 2. The van der Waals surface area contributed by atoms with Gasteiger partial charge in [-0.1, -0.05) is 66.9 Å². The monoisotopic (exact) mass is 702 g/mol. The van der Waals surface area contributed by atoms with Crippen molar-refractivity contribution in [1.82, 2.24) is 0 Å². The summed E-state index contributed by atoms with van der Waals surface area (Å²) in [7, 11) is 0. The zero-order valence-corrected chi connectivity index (χ0v) is 31.5. The van der Waals surface area contributed by atoms with E-state index >= 15 is 0 Å². The number of fused-ring (bicyclic) bond motifs is 7. The standard InChI is InChI=1S/C40H62O10/c1-9-10-13-40(48)30(43)27(42)28(31(44)45)50-33(40)49-26-12-14-37(6)25(34(26,2)3)11-15-39(8)29(37)24(41)20-22-23-21-36(5,32(46)47)17-16-35(23,4)18-19-38(22,39)7/h20,23,25-30,33,42-43,48H,9-19,21H2,1-8H3,(H,44,45)(H,46,47)/t23-,25?,26-,27+,28?,29?,30?,33+,35+,36-,37-,38+,39+,40?/m0/s1. The van der Waals surface area contributed by atoms with Crippen LogP contribution in [0.25, 0.3) is 0 Å². The molecule has 1 aliphatic heterocycles. The van der Waals surface area contributed by atoms with Gasteiger partial charge in [-0.3, -0.25) is 9.59 Å². The molecule has 0 bridgehead atoms. The van der Waals surface area contributed by atoms with E-state index in [-0.39, 0.29) is 51.6 Å². The molecule has 1 saturated heterocycles. The van der Waals surface area contributed by atoms with Crippen molar-refractivity contribution < 1.29 is 49.4 Å². The van der Waals surface area contributed by atoms with Crippen LogP contribution < -0.4 is 0 Å². The minimum absolute atomic E-state index is 0.0220. The summed E-state index contributed by atoms with van der Waals surface area (Å²) < 4.78 is 12.4. The predicted molar refractivity (Wildman–Crippen MR) is 185 cm³/mol. The molecule has 10 heteroatoms. The Morgan fingerprint density at radius 2 is 1.60 bits per heavy atom. The number of hydrogen-bond donors (Lipinski definition) is 5. The lowest BCUT2D eigenvalue weighted by Crippen LogP contribution is -2.70. The van der Waals surface area contributed by atoms with E-state index in [1.54, 1.807) is 0 Å². The average molecular weight is 703 g/mol. The van der Waals surface area contributed by atoms with E-state index in [1.165, 1.54) is 5.57 Å². The van der Waals surface area contributed by atoms with E-state index in [2.05, 4.69) is 41.5 Å². The summed E-state index contributed by atoms with van der Waals surface area (Å²) in [4.78, 5) is 39.2. The molecule has 10 nitrogen and oxygen atoms in total. The number of carbonyl (C=O) groups excluding carboxylic acids is 1. The fourth-order valence-corrected chi connectivity index (χ4v) is 12.8. The van der Waals surface area contributed by atoms with Crippen molar-refractivity contribution in [2.75, 3.05) is 0 Å². The molecule has 0 aromatic rings. The molecule has 6 rings (SSSR count). The van der Waals surface area contributed by atoms with Crippen molar-refractivity contribution in [3.63, 3.8) is 0 Å². The number of carboxylic acid groups (broad SMARTS) is 2. The molecular formula is C40H62O10. The highest BCUT2D eigenvalue weighted by atomic mass is 16.7. The van der Waals surface area contributed by atoms with Crippen LogP contribution in [0.15, 0.2) is 11.6 Å². The summed E-state index contributed by atoms with van der Waals surface area (Å²) >= 11 is 0. The molecule has 5 fully saturated rings. The largest absolute Gasteiger partial charge is 0.481 e. The molecule has 0 radical (unpaired) electrons. The summed E-state index contributed by atoms with van der Waals surface area (Å²) in [5.74, 6) is -2.16. The Kier molecular flexibility index (Phi) is 9.16. The molecule has 0 amide bonds. The molecular weight excluding hydrogens is 640 g/mol. The molecule has 5 N–H and O–H groups in total. The molecule has 0 aromatic heterocycles. The molecule has 6 aliphatic rings. The number of aliphatic hydroxyl groups excluding tert-OH is 2.